The molecule has 1 aliphatic rings. The predicted octanol–water partition coefficient (Wildman–Crippen LogP) is 5.54. The van der Waals surface area contributed by atoms with Gasteiger partial charge in [0.05, 0.1) is 0 Å². The third-order valence-electron chi connectivity index (χ3n) is 4.07. The van der Waals surface area contributed by atoms with Crippen molar-refractivity contribution in [3.63, 3.8) is 0 Å². The molecule has 0 amide bonds. The van der Waals surface area contributed by atoms with E-state index < -0.39 is 0 Å². The van der Waals surface area contributed by atoms with Crippen LogP contribution < -0.4 is 5.63 Å². The van der Waals surface area contributed by atoms with E-state index in [0.717, 1.165) is 11.8 Å². The highest BCUT2D eigenvalue weighted by Crippen LogP contribution is 2.38. The molecule has 0 atom stereocenters. The van der Waals surface area contributed by atoms with E-state index >= 15 is 0 Å². The van der Waals surface area contributed by atoms with Gasteiger partial charge in [0.25, 0.3) is 0 Å². The van der Waals surface area contributed by atoms with Gasteiger partial charge < -0.3 is 4.42 Å². The molecule has 5 rings (SSSR count). The highest BCUT2D eigenvalue weighted by molar-refractivity contribution is 7.99. The molecular weight excluding hydrogens is 328 g/mol. The van der Waals surface area contributed by atoms with Gasteiger partial charge in [0.1, 0.15) is 5.58 Å². The van der Waals surface area contributed by atoms with Gasteiger partial charge >= 0.3 is 5.63 Å². The molecule has 3 heteroatoms. The summed E-state index contributed by atoms with van der Waals surface area (Å²) in [6.45, 7) is 0. The van der Waals surface area contributed by atoms with Crippen LogP contribution in [-0.2, 0) is 6.42 Å². The van der Waals surface area contributed by atoms with Crippen LogP contribution in [0.4, 0.5) is 0 Å². The van der Waals surface area contributed by atoms with Gasteiger partial charge in [0.2, 0.25) is 0 Å². The van der Waals surface area contributed by atoms with E-state index in [9.17, 15) is 4.79 Å². The SMILES string of the molecule is O=c1ccc2ccccc2o1.c1ccc2c(c1)Cc1ccccc1S2. The second-order valence-corrected chi connectivity index (χ2v) is 6.87. The lowest BCUT2D eigenvalue weighted by atomic mass is 10.0. The summed E-state index contributed by atoms with van der Waals surface area (Å²) in [6, 6.07) is 27.9. The average Bonchev–Trinajstić information content (AvgIpc) is 2.66. The minimum absolute atomic E-state index is 0.302. The molecule has 0 saturated carbocycles. The quantitative estimate of drug-likeness (QED) is 0.346. The zero-order chi connectivity index (χ0) is 17.1. The summed E-state index contributed by atoms with van der Waals surface area (Å²) in [5.41, 5.74) is 3.25. The summed E-state index contributed by atoms with van der Waals surface area (Å²) < 4.78 is 4.91. The lowest BCUT2D eigenvalue weighted by Crippen LogP contribution is -1.98. The van der Waals surface area contributed by atoms with Crippen molar-refractivity contribution >= 4 is 22.7 Å². The molecule has 3 aromatic carbocycles. The first-order valence-corrected chi connectivity index (χ1v) is 8.94. The van der Waals surface area contributed by atoms with Gasteiger partial charge in [-0.1, -0.05) is 66.4 Å². The Hall–Kier alpha value is -2.78. The second-order valence-electron chi connectivity index (χ2n) is 5.79. The van der Waals surface area contributed by atoms with Crippen LogP contribution in [0.15, 0.2) is 104 Å². The van der Waals surface area contributed by atoms with E-state index in [4.69, 9.17) is 4.42 Å². The minimum Gasteiger partial charge on any atom is -0.423 e. The van der Waals surface area contributed by atoms with Crippen molar-refractivity contribution in [2.24, 2.45) is 0 Å². The molecule has 25 heavy (non-hydrogen) atoms. The van der Waals surface area contributed by atoms with Gasteiger partial charge in [0, 0.05) is 21.2 Å². The van der Waals surface area contributed by atoms with Crippen LogP contribution in [0.25, 0.3) is 11.0 Å². The Labute approximate surface area is 150 Å². The van der Waals surface area contributed by atoms with E-state index in [-0.39, 0.29) is 5.63 Å². The molecule has 0 spiro atoms. The van der Waals surface area contributed by atoms with Crippen molar-refractivity contribution in [1.29, 1.82) is 0 Å². The fraction of sp³-hybridized carbons (Fsp3) is 0.0455. The van der Waals surface area contributed by atoms with Crippen LogP contribution in [-0.4, -0.2) is 0 Å². The van der Waals surface area contributed by atoms with Gasteiger partial charge in [0.15, 0.2) is 0 Å². The standard InChI is InChI=1S/C13H10S.C9H6O2/c1-3-7-12-10(5-1)9-11-6-2-4-8-13(11)14-12;10-9-6-5-7-3-1-2-4-8(7)11-9/h1-8H,9H2;1-6H. The molecule has 1 aromatic heterocycles. The van der Waals surface area contributed by atoms with Crippen molar-refractivity contribution in [3.05, 3.63) is 106 Å². The van der Waals surface area contributed by atoms with Gasteiger partial charge in [-0.05, 0) is 41.8 Å². The summed E-state index contributed by atoms with van der Waals surface area (Å²) in [4.78, 5) is 13.5. The maximum absolute atomic E-state index is 10.7. The fourth-order valence-corrected chi connectivity index (χ4v) is 3.91. The molecule has 2 nitrogen and oxygen atoms in total. The van der Waals surface area contributed by atoms with E-state index in [1.165, 1.54) is 27.0 Å². The molecular formula is C22H16O2S. The van der Waals surface area contributed by atoms with Gasteiger partial charge in [-0.3, -0.25) is 0 Å². The lowest BCUT2D eigenvalue weighted by Gasteiger charge is -2.17. The van der Waals surface area contributed by atoms with Crippen molar-refractivity contribution < 1.29 is 4.42 Å². The van der Waals surface area contributed by atoms with E-state index in [0.29, 0.717) is 5.58 Å². The number of para-hydroxylation sites is 1. The molecule has 2 heterocycles. The van der Waals surface area contributed by atoms with Crippen molar-refractivity contribution in [2.75, 3.05) is 0 Å². The summed E-state index contributed by atoms with van der Waals surface area (Å²) >= 11 is 1.88. The van der Waals surface area contributed by atoms with E-state index in [1.54, 1.807) is 12.1 Å². The van der Waals surface area contributed by atoms with Crippen LogP contribution in [0.5, 0.6) is 0 Å². The summed E-state index contributed by atoms with van der Waals surface area (Å²) in [5.74, 6) is 0. The third-order valence-corrected chi connectivity index (χ3v) is 5.31. The molecule has 0 radical (unpaired) electrons. The molecule has 4 aromatic rings. The molecule has 0 unspecified atom stereocenters. The topological polar surface area (TPSA) is 30.2 Å². The van der Waals surface area contributed by atoms with Crippen LogP contribution in [0, 0.1) is 0 Å². The van der Waals surface area contributed by atoms with Crippen LogP contribution >= 0.6 is 11.8 Å². The molecule has 0 fully saturated rings. The van der Waals surface area contributed by atoms with Gasteiger partial charge in [-0.25, -0.2) is 4.79 Å². The molecule has 1 aliphatic heterocycles. The minimum atomic E-state index is -0.302. The summed E-state index contributed by atoms with van der Waals surface area (Å²) in [5, 5.41) is 0.951. The monoisotopic (exact) mass is 344 g/mol. The fourth-order valence-electron chi connectivity index (χ4n) is 2.83. The first kappa shape index (κ1) is 15.7. The third kappa shape index (κ3) is 3.52. The lowest BCUT2D eigenvalue weighted by molar-refractivity contribution is 0.561. The Morgan fingerprint density at radius 1 is 0.680 bits per heavy atom. The maximum Gasteiger partial charge on any atom is 0.336 e. The van der Waals surface area contributed by atoms with Crippen LogP contribution in [0.2, 0.25) is 0 Å². The largest absolute Gasteiger partial charge is 0.423 e. The highest BCUT2D eigenvalue weighted by atomic mass is 32.2. The number of hydrogen-bond donors (Lipinski definition) is 0. The zero-order valence-corrected chi connectivity index (χ0v) is 14.3. The number of hydrogen-bond acceptors (Lipinski definition) is 3. The smallest absolute Gasteiger partial charge is 0.336 e. The Kier molecular flexibility index (Phi) is 4.40. The Morgan fingerprint density at radius 2 is 1.28 bits per heavy atom. The summed E-state index contributed by atoms with van der Waals surface area (Å²) in [6.07, 6.45) is 1.08. The van der Waals surface area contributed by atoms with Crippen molar-refractivity contribution in [1.82, 2.24) is 0 Å². The average molecular weight is 344 g/mol. The number of rotatable bonds is 0. The molecule has 0 saturated heterocycles. The number of benzene rings is 3. The molecule has 0 N–H and O–H groups in total. The molecule has 0 bridgehead atoms. The van der Waals surface area contributed by atoms with Crippen molar-refractivity contribution in [2.45, 2.75) is 16.2 Å². The normalized spacial score (nSPS) is 11.8. The van der Waals surface area contributed by atoms with E-state index in [1.807, 2.05) is 30.0 Å². The number of fused-ring (bicyclic) bond motifs is 3. The Bertz CT molecular complexity index is 995. The van der Waals surface area contributed by atoms with Crippen LogP contribution in [0.1, 0.15) is 11.1 Å². The first-order valence-electron chi connectivity index (χ1n) is 8.12. The first-order chi connectivity index (χ1) is 12.3. The van der Waals surface area contributed by atoms with Crippen molar-refractivity contribution in [3.8, 4) is 0 Å². The Balaban J connectivity index is 0.000000129. The maximum atomic E-state index is 10.7. The van der Waals surface area contributed by atoms with E-state index in [2.05, 4.69) is 48.5 Å². The zero-order valence-electron chi connectivity index (χ0n) is 13.5. The molecule has 122 valence electrons. The van der Waals surface area contributed by atoms with Gasteiger partial charge in [-0.15, -0.1) is 0 Å². The predicted molar refractivity (Wildman–Crippen MR) is 102 cm³/mol. The highest BCUT2D eigenvalue weighted by Gasteiger charge is 2.13. The van der Waals surface area contributed by atoms with Crippen LogP contribution in [0.3, 0.4) is 0 Å². The second kappa shape index (κ2) is 6.99. The Morgan fingerprint density at radius 3 is 2.00 bits per heavy atom. The van der Waals surface area contributed by atoms with Gasteiger partial charge in [-0.2, -0.15) is 0 Å². The summed E-state index contributed by atoms with van der Waals surface area (Å²) in [7, 11) is 0. The molecule has 0 aliphatic carbocycles.